The third-order valence-corrected chi connectivity index (χ3v) is 8.11. The Morgan fingerprint density at radius 3 is 2.74 bits per heavy atom. The van der Waals surface area contributed by atoms with E-state index >= 15 is 0 Å². The molecule has 7 heteroatoms. The Morgan fingerprint density at radius 1 is 1.42 bits per heavy atom. The third-order valence-electron chi connectivity index (χ3n) is 3.54. The molecule has 1 atom stereocenters. The summed E-state index contributed by atoms with van der Waals surface area (Å²) >= 11 is 4.61. The van der Waals surface area contributed by atoms with E-state index in [1.807, 2.05) is 0 Å². The predicted octanol–water partition coefficient (Wildman–Crippen LogP) is 2.70. The van der Waals surface area contributed by atoms with Crippen molar-refractivity contribution >= 4 is 37.3 Å². The Bertz CT molecular complexity index is 547. The molecule has 0 aromatic carbocycles. The molecule has 0 amide bonds. The number of ether oxygens (including phenoxy) is 1. The van der Waals surface area contributed by atoms with Gasteiger partial charge in [0.15, 0.2) is 0 Å². The van der Waals surface area contributed by atoms with E-state index in [9.17, 15) is 8.42 Å². The van der Waals surface area contributed by atoms with Gasteiger partial charge in [-0.05, 0) is 52.6 Å². The van der Waals surface area contributed by atoms with Crippen molar-refractivity contribution in [3.8, 4) is 0 Å². The van der Waals surface area contributed by atoms with Crippen molar-refractivity contribution in [3.05, 3.63) is 15.9 Å². The number of hydrogen-bond acceptors (Lipinski definition) is 4. The standard InChI is InChI=1S/C12H16BrNO3S2/c13-11-4-6-18-12(11)19(15,16)14(10-1-2-10)7-9-3-5-17-8-9/h4,6,9-10H,1-3,5,7-8H2. The third kappa shape index (κ3) is 2.90. The Labute approximate surface area is 125 Å². The fourth-order valence-corrected chi connectivity index (χ4v) is 6.55. The highest BCUT2D eigenvalue weighted by molar-refractivity contribution is 9.10. The lowest BCUT2D eigenvalue weighted by atomic mass is 10.1. The van der Waals surface area contributed by atoms with Crippen LogP contribution in [-0.2, 0) is 14.8 Å². The molecule has 106 valence electrons. The summed E-state index contributed by atoms with van der Waals surface area (Å²) in [5, 5.41) is 1.81. The zero-order valence-corrected chi connectivity index (χ0v) is 13.6. The van der Waals surface area contributed by atoms with E-state index < -0.39 is 10.0 Å². The number of thiophene rings is 1. The topological polar surface area (TPSA) is 46.6 Å². The molecule has 0 radical (unpaired) electrons. The average Bonchev–Trinajstić information content (AvgIpc) is 2.88. The van der Waals surface area contributed by atoms with Crippen LogP contribution >= 0.6 is 27.3 Å². The molecule has 1 saturated heterocycles. The van der Waals surface area contributed by atoms with Crippen molar-refractivity contribution in [1.29, 1.82) is 0 Å². The first-order chi connectivity index (χ1) is 9.09. The fourth-order valence-electron chi connectivity index (χ4n) is 2.36. The molecule has 1 aliphatic carbocycles. The molecular weight excluding hydrogens is 350 g/mol. The molecule has 1 saturated carbocycles. The molecule has 1 aromatic rings. The normalized spacial score (nSPS) is 24.2. The van der Waals surface area contributed by atoms with Crippen LogP contribution in [0.4, 0.5) is 0 Å². The maximum absolute atomic E-state index is 12.7. The lowest BCUT2D eigenvalue weighted by molar-refractivity contribution is 0.180. The van der Waals surface area contributed by atoms with Gasteiger partial charge in [-0.15, -0.1) is 11.3 Å². The van der Waals surface area contributed by atoms with Crippen molar-refractivity contribution in [2.75, 3.05) is 19.8 Å². The molecule has 2 aliphatic rings. The summed E-state index contributed by atoms with van der Waals surface area (Å²) < 4.78 is 33.7. The van der Waals surface area contributed by atoms with Crippen molar-refractivity contribution in [1.82, 2.24) is 4.31 Å². The molecule has 4 nitrogen and oxygen atoms in total. The number of nitrogens with zero attached hydrogens (tertiary/aromatic N) is 1. The van der Waals surface area contributed by atoms with Crippen LogP contribution in [0.25, 0.3) is 0 Å². The summed E-state index contributed by atoms with van der Waals surface area (Å²) in [4.78, 5) is 0. The van der Waals surface area contributed by atoms with Crippen LogP contribution in [0.5, 0.6) is 0 Å². The van der Waals surface area contributed by atoms with E-state index in [2.05, 4.69) is 15.9 Å². The molecule has 2 heterocycles. The molecule has 1 unspecified atom stereocenters. The molecule has 0 N–H and O–H groups in total. The summed E-state index contributed by atoms with van der Waals surface area (Å²) in [5.41, 5.74) is 0. The molecule has 2 fully saturated rings. The van der Waals surface area contributed by atoms with E-state index in [1.54, 1.807) is 15.8 Å². The number of sulfonamides is 1. The fraction of sp³-hybridized carbons (Fsp3) is 0.667. The monoisotopic (exact) mass is 365 g/mol. The average molecular weight is 366 g/mol. The van der Waals surface area contributed by atoms with Gasteiger partial charge in [-0.1, -0.05) is 0 Å². The van der Waals surface area contributed by atoms with Gasteiger partial charge < -0.3 is 4.74 Å². The van der Waals surface area contributed by atoms with Crippen molar-refractivity contribution in [3.63, 3.8) is 0 Å². The summed E-state index contributed by atoms with van der Waals surface area (Å²) in [5.74, 6) is 0.342. The van der Waals surface area contributed by atoms with Crippen LogP contribution in [0.3, 0.4) is 0 Å². The first-order valence-corrected chi connectivity index (χ1v) is 9.53. The van der Waals surface area contributed by atoms with Crippen LogP contribution in [0.2, 0.25) is 0 Å². The van der Waals surface area contributed by atoms with E-state index in [1.165, 1.54) is 11.3 Å². The second-order valence-electron chi connectivity index (χ2n) is 5.09. The summed E-state index contributed by atoms with van der Waals surface area (Å²) in [6.45, 7) is 2.04. The lowest BCUT2D eigenvalue weighted by Crippen LogP contribution is -2.37. The van der Waals surface area contributed by atoms with Crippen molar-refractivity contribution in [2.45, 2.75) is 29.5 Å². The first kappa shape index (κ1) is 14.0. The van der Waals surface area contributed by atoms with Gasteiger partial charge in [0, 0.05) is 23.7 Å². The Kier molecular flexibility index (Phi) is 4.01. The van der Waals surface area contributed by atoms with Crippen LogP contribution in [0, 0.1) is 5.92 Å². The van der Waals surface area contributed by atoms with Crippen LogP contribution < -0.4 is 0 Å². The molecular formula is C12H16BrNO3S2. The second kappa shape index (κ2) is 5.44. The van der Waals surface area contributed by atoms with Crippen molar-refractivity contribution in [2.24, 2.45) is 5.92 Å². The molecule has 0 bridgehead atoms. The quantitative estimate of drug-likeness (QED) is 0.805. The van der Waals surface area contributed by atoms with Crippen LogP contribution in [-0.4, -0.2) is 38.5 Å². The molecule has 1 aromatic heterocycles. The maximum atomic E-state index is 12.7. The number of rotatable bonds is 5. The molecule has 1 aliphatic heterocycles. The Balaban J connectivity index is 1.84. The van der Waals surface area contributed by atoms with E-state index in [0.29, 0.717) is 27.8 Å². The second-order valence-corrected chi connectivity index (χ2v) is 8.95. The van der Waals surface area contributed by atoms with E-state index in [0.717, 1.165) is 25.9 Å². The van der Waals surface area contributed by atoms with Crippen molar-refractivity contribution < 1.29 is 13.2 Å². The zero-order chi connectivity index (χ0) is 13.5. The maximum Gasteiger partial charge on any atom is 0.253 e. The van der Waals surface area contributed by atoms with E-state index in [-0.39, 0.29) is 6.04 Å². The van der Waals surface area contributed by atoms with Gasteiger partial charge >= 0.3 is 0 Å². The summed E-state index contributed by atoms with van der Waals surface area (Å²) in [6.07, 6.45) is 2.93. The minimum Gasteiger partial charge on any atom is -0.381 e. The molecule has 3 rings (SSSR count). The van der Waals surface area contributed by atoms with Gasteiger partial charge in [-0.2, -0.15) is 4.31 Å². The largest absolute Gasteiger partial charge is 0.381 e. The van der Waals surface area contributed by atoms with Gasteiger partial charge in [-0.25, -0.2) is 8.42 Å². The smallest absolute Gasteiger partial charge is 0.253 e. The SMILES string of the molecule is O=S(=O)(c1sccc1Br)N(CC1CCOC1)C1CC1. The molecule has 0 spiro atoms. The highest BCUT2D eigenvalue weighted by atomic mass is 79.9. The van der Waals surface area contributed by atoms with E-state index in [4.69, 9.17) is 4.74 Å². The summed E-state index contributed by atoms with van der Waals surface area (Å²) in [6, 6.07) is 1.99. The van der Waals surface area contributed by atoms with Crippen LogP contribution in [0.15, 0.2) is 20.1 Å². The zero-order valence-electron chi connectivity index (χ0n) is 10.4. The van der Waals surface area contributed by atoms with Gasteiger partial charge in [0.25, 0.3) is 10.0 Å². The highest BCUT2D eigenvalue weighted by Gasteiger charge is 2.40. The first-order valence-electron chi connectivity index (χ1n) is 6.41. The number of halogens is 1. The van der Waals surface area contributed by atoms with Gasteiger partial charge in [-0.3, -0.25) is 0 Å². The predicted molar refractivity (Wildman–Crippen MR) is 77.9 cm³/mol. The van der Waals surface area contributed by atoms with Gasteiger partial charge in [0.1, 0.15) is 4.21 Å². The van der Waals surface area contributed by atoms with Gasteiger partial charge in [0.05, 0.1) is 6.61 Å². The minimum absolute atomic E-state index is 0.194. The number of hydrogen-bond donors (Lipinski definition) is 0. The lowest BCUT2D eigenvalue weighted by Gasteiger charge is -2.23. The highest BCUT2D eigenvalue weighted by Crippen LogP contribution is 2.37. The Hall–Kier alpha value is 0.0500. The van der Waals surface area contributed by atoms with Gasteiger partial charge in [0.2, 0.25) is 0 Å². The molecule has 19 heavy (non-hydrogen) atoms. The minimum atomic E-state index is -3.36. The Morgan fingerprint density at radius 2 is 2.21 bits per heavy atom. The van der Waals surface area contributed by atoms with Crippen LogP contribution in [0.1, 0.15) is 19.3 Å². The summed E-state index contributed by atoms with van der Waals surface area (Å²) in [7, 11) is -3.36.